The first kappa shape index (κ1) is 11.1. The van der Waals surface area contributed by atoms with Crippen LogP contribution in [0.2, 0.25) is 0 Å². The van der Waals surface area contributed by atoms with E-state index in [9.17, 15) is 4.79 Å². The zero-order valence-electron chi connectivity index (χ0n) is 8.64. The third kappa shape index (κ3) is 2.40. The molecule has 0 amide bonds. The molecule has 1 aromatic carbocycles. The van der Waals surface area contributed by atoms with Gasteiger partial charge in [-0.25, -0.2) is 0 Å². The molecule has 1 heterocycles. The van der Waals surface area contributed by atoms with Gasteiger partial charge in [0.2, 0.25) is 0 Å². The fraction of sp³-hybridized carbons (Fsp3) is 0.250. The van der Waals surface area contributed by atoms with Crippen LogP contribution in [0.1, 0.15) is 16.9 Å². The molecule has 0 saturated heterocycles. The van der Waals surface area contributed by atoms with Crippen molar-refractivity contribution in [3.05, 3.63) is 34.7 Å². The average Bonchev–Trinajstić information content (AvgIpc) is 2.67. The van der Waals surface area contributed by atoms with Gasteiger partial charge in [0.25, 0.3) is 0 Å². The number of aliphatic hydroxyl groups excluding tert-OH is 1. The van der Waals surface area contributed by atoms with E-state index in [1.807, 2.05) is 24.3 Å². The smallest absolute Gasteiger partial charge is 0.303 e. The molecule has 4 heteroatoms. The maximum Gasteiger partial charge on any atom is 0.303 e. The second-order valence-corrected chi connectivity index (χ2v) is 4.81. The van der Waals surface area contributed by atoms with Crippen LogP contribution in [0.15, 0.2) is 24.3 Å². The topological polar surface area (TPSA) is 57.5 Å². The average molecular weight is 236 g/mol. The summed E-state index contributed by atoms with van der Waals surface area (Å²) in [6.07, 6.45) is 0.739. The van der Waals surface area contributed by atoms with E-state index in [4.69, 9.17) is 10.2 Å². The van der Waals surface area contributed by atoms with Crippen molar-refractivity contribution in [2.45, 2.75) is 19.4 Å². The predicted octanol–water partition coefficient (Wildman–Crippen LogP) is 2.41. The van der Waals surface area contributed by atoms with Crippen molar-refractivity contribution in [2.24, 2.45) is 0 Å². The summed E-state index contributed by atoms with van der Waals surface area (Å²) in [5, 5.41) is 18.7. The Morgan fingerprint density at radius 2 is 2.12 bits per heavy atom. The Morgan fingerprint density at radius 1 is 1.31 bits per heavy atom. The molecule has 0 radical (unpaired) electrons. The molecule has 0 bridgehead atoms. The Morgan fingerprint density at radius 3 is 2.81 bits per heavy atom. The van der Waals surface area contributed by atoms with Gasteiger partial charge in [0.1, 0.15) is 0 Å². The number of rotatable bonds is 4. The van der Waals surface area contributed by atoms with Crippen molar-refractivity contribution in [1.82, 2.24) is 0 Å². The van der Waals surface area contributed by atoms with Gasteiger partial charge in [-0.15, -0.1) is 11.3 Å². The molecule has 0 saturated carbocycles. The van der Waals surface area contributed by atoms with E-state index in [1.165, 1.54) is 0 Å². The summed E-state index contributed by atoms with van der Waals surface area (Å²) >= 11 is 1.61. The van der Waals surface area contributed by atoms with E-state index in [0.717, 1.165) is 20.5 Å². The van der Waals surface area contributed by atoms with Crippen molar-refractivity contribution in [3.63, 3.8) is 0 Å². The van der Waals surface area contributed by atoms with Gasteiger partial charge < -0.3 is 10.2 Å². The molecule has 0 spiro atoms. The van der Waals surface area contributed by atoms with Crippen LogP contribution in [0.4, 0.5) is 0 Å². The van der Waals surface area contributed by atoms with Gasteiger partial charge in [0.15, 0.2) is 0 Å². The van der Waals surface area contributed by atoms with Gasteiger partial charge in [-0.3, -0.25) is 4.79 Å². The van der Waals surface area contributed by atoms with Crippen LogP contribution in [0.3, 0.4) is 0 Å². The summed E-state index contributed by atoms with van der Waals surface area (Å²) < 4.78 is 1.14. The first-order chi connectivity index (χ1) is 7.69. The molecule has 0 aliphatic heterocycles. The van der Waals surface area contributed by atoms with Crippen molar-refractivity contribution >= 4 is 27.4 Å². The number of thiophene rings is 1. The van der Waals surface area contributed by atoms with E-state index in [0.29, 0.717) is 6.42 Å². The highest BCUT2D eigenvalue weighted by atomic mass is 32.1. The van der Waals surface area contributed by atoms with Crippen LogP contribution in [0, 0.1) is 0 Å². The highest BCUT2D eigenvalue weighted by Crippen LogP contribution is 2.27. The van der Waals surface area contributed by atoms with Crippen LogP contribution in [-0.2, 0) is 17.8 Å². The van der Waals surface area contributed by atoms with E-state index < -0.39 is 5.97 Å². The van der Waals surface area contributed by atoms with Gasteiger partial charge in [-0.2, -0.15) is 0 Å². The minimum absolute atomic E-state index is 0.0379. The summed E-state index contributed by atoms with van der Waals surface area (Å²) in [6.45, 7) is 0.0379. The molecule has 0 aliphatic rings. The lowest BCUT2D eigenvalue weighted by atomic mass is 10.1. The molecule has 3 nitrogen and oxygen atoms in total. The number of carboxylic acid groups (broad SMARTS) is 1. The molecule has 2 N–H and O–H groups in total. The Labute approximate surface area is 97.0 Å². The van der Waals surface area contributed by atoms with E-state index in [1.54, 1.807) is 11.3 Å². The van der Waals surface area contributed by atoms with Crippen LogP contribution >= 0.6 is 11.3 Å². The quantitative estimate of drug-likeness (QED) is 0.857. The van der Waals surface area contributed by atoms with E-state index >= 15 is 0 Å². The largest absolute Gasteiger partial charge is 0.481 e. The fourth-order valence-corrected chi connectivity index (χ4v) is 2.64. The zero-order chi connectivity index (χ0) is 11.5. The summed E-state index contributed by atoms with van der Waals surface area (Å²) in [6, 6.07) is 7.80. The standard InChI is InChI=1S/C12H12O3S/c13-7-8-1-3-11-9(5-8)6-10(16-11)2-4-12(14)15/h1,3,5-6,13H,2,4,7H2,(H,14,15). The van der Waals surface area contributed by atoms with Gasteiger partial charge in [0, 0.05) is 9.58 Å². The minimum atomic E-state index is -0.770. The summed E-state index contributed by atoms with van der Waals surface area (Å²) in [4.78, 5) is 11.5. The van der Waals surface area contributed by atoms with Crippen LogP contribution < -0.4 is 0 Å². The Hall–Kier alpha value is -1.39. The number of hydrogen-bond acceptors (Lipinski definition) is 3. The second kappa shape index (κ2) is 4.63. The highest BCUT2D eigenvalue weighted by Gasteiger charge is 2.04. The molecule has 0 unspecified atom stereocenters. The number of aliphatic hydroxyl groups is 1. The van der Waals surface area contributed by atoms with Crippen molar-refractivity contribution < 1.29 is 15.0 Å². The lowest BCUT2D eigenvalue weighted by Gasteiger charge is -1.94. The van der Waals surface area contributed by atoms with Crippen LogP contribution in [0.5, 0.6) is 0 Å². The maximum atomic E-state index is 10.5. The maximum absolute atomic E-state index is 10.5. The number of fused-ring (bicyclic) bond motifs is 1. The molecule has 16 heavy (non-hydrogen) atoms. The van der Waals surface area contributed by atoms with Crippen molar-refractivity contribution in [3.8, 4) is 0 Å². The number of carboxylic acids is 1. The van der Waals surface area contributed by atoms with Crippen molar-refractivity contribution in [1.29, 1.82) is 0 Å². The van der Waals surface area contributed by atoms with Gasteiger partial charge in [0.05, 0.1) is 13.0 Å². The first-order valence-corrected chi connectivity index (χ1v) is 5.84. The third-order valence-electron chi connectivity index (χ3n) is 2.40. The molecule has 84 valence electrons. The third-order valence-corrected chi connectivity index (χ3v) is 3.58. The normalized spacial score (nSPS) is 10.8. The second-order valence-electron chi connectivity index (χ2n) is 3.64. The van der Waals surface area contributed by atoms with Gasteiger partial charge >= 0.3 is 5.97 Å². The molecule has 0 atom stereocenters. The molecule has 1 aromatic heterocycles. The number of carbonyl (C=O) groups is 1. The minimum Gasteiger partial charge on any atom is -0.481 e. The molecule has 2 aromatic rings. The summed E-state index contributed by atoms with van der Waals surface area (Å²) in [7, 11) is 0. The van der Waals surface area contributed by atoms with Gasteiger partial charge in [-0.05, 0) is 35.6 Å². The highest BCUT2D eigenvalue weighted by molar-refractivity contribution is 7.19. The molecule has 0 aliphatic carbocycles. The molecular formula is C12H12O3S. The van der Waals surface area contributed by atoms with Crippen molar-refractivity contribution in [2.75, 3.05) is 0 Å². The Kier molecular flexibility index (Phi) is 3.22. The number of hydrogen-bond donors (Lipinski definition) is 2. The number of aryl methyl sites for hydroxylation is 1. The van der Waals surface area contributed by atoms with Gasteiger partial charge in [-0.1, -0.05) is 6.07 Å². The SMILES string of the molecule is O=C(O)CCc1cc2cc(CO)ccc2s1. The lowest BCUT2D eigenvalue weighted by molar-refractivity contribution is -0.136. The molecular weight excluding hydrogens is 224 g/mol. The summed E-state index contributed by atoms with van der Waals surface area (Å²) in [5.74, 6) is -0.770. The lowest BCUT2D eigenvalue weighted by Crippen LogP contribution is -1.95. The first-order valence-electron chi connectivity index (χ1n) is 5.03. The fourth-order valence-electron chi connectivity index (χ4n) is 1.60. The van der Waals surface area contributed by atoms with Crippen LogP contribution in [-0.4, -0.2) is 16.2 Å². The number of aliphatic carboxylic acids is 1. The Balaban J connectivity index is 2.25. The number of benzene rings is 1. The zero-order valence-corrected chi connectivity index (χ0v) is 9.46. The molecule has 2 rings (SSSR count). The van der Waals surface area contributed by atoms with E-state index in [-0.39, 0.29) is 13.0 Å². The summed E-state index contributed by atoms with van der Waals surface area (Å²) in [5.41, 5.74) is 0.884. The monoisotopic (exact) mass is 236 g/mol. The van der Waals surface area contributed by atoms with E-state index in [2.05, 4.69) is 0 Å². The predicted molar refractivity (Wildman–Crippen MR) is 63.7 cm³/mol. The Bertz CT molecular complexity index is 516. The van der Waals surface area contributed by atoms with Crippen LogP contribution in [0.25, 0.3) is 10.1 Å². The molecule has 0 fully saturated rings.